The molecule has 0 radical (unpaired) electrons. The molecule has 15 atom stereocenters. The van der Waals surface area contributed by atoms with Crippen LogP contribution in [0.5, 0.6) is 0 Å². The molecular weight excluding hydrogens is 484 g/mol. The van der Waals surface area contributed by atoms with Crippen molar-refractivity contribution >= 4 is 0 Å². The fourth-order valence-electron chi connectivity index (χ4n) is 11.0. The van der Waals surface area contributed by atoms with Gasteiger partial charge in [-0.25, -0.2) is 0 Å². The largest absolute Gasteiger partial charge is 0.388 e. The van der Waals surface area contributed by atoms with Crippen molar-refractivity contribution in [3.8, 4) is 0 Å². The van der Waals surface area contributed by atoms with Crippen LogP contribution in [0, 0.1) is 46.3 Å². The molecule has 2 aliphatic heterocycles. The Labute approximate surface area is 227 Å². The molecule has 0 aromatic rings. The van der Waals surface area contributed by atoms with Crippen molar-refractivity contribution in [3.63, 3.8) is 0 Å². The fraction of sp³-hybridized carbons (Fsp3) is 1.00. The van der Waals surface area contributed by atoms with E-state index in [-0.39, 0.29) is 17.6 Å². The molecular formula is C31H48O7. The second kappa shape index (κ2) is 9.37. The Morgan fingerprint density at radius 1 is 0.684 bits per heavy atom. The van der Waals surface area contributed by atoms with Gasteiger partial charge in [-0.15, -0.1) is 0 Å². The number of epoxide rings is 2. The zero-order chi connectivity index (χ0) is 25.6. The number of fused-ring (bicyclic) bond motifs is 10. The van der Waals surface area contributed by atoms with Crippen LogP contribution in [-0.2, 0) is 28.4 Å². The molecule has 15 unspecified atom stereocenters. The zero-order valence-electron chi connectivity index (χ0n) is 23.3. The highest BCUT2D eigenvalue weighted by molar-refractivity contribution is 5.15. The molecule has 38 heavy (non-hydrogen) atoms. The maximum absolute atomic E-state index is 10.9. The molecule has 2 heterocycles. The van der Waals surface area contributed by atoms with Crippen LogP contribution in [0.3, 0.4) is 0 Å². The van der Waals surface area contributed by atoms with Crippen LogP contribution in [0.1, 0.15) is 65.2 Å². The van der Waals surface area contributed by atoms with E-state index in [1.54, 1.807) is 0 Å². The molecule has 7 heteroatoms. The van der Waals surface area contributed by atoms with Crippen molar-refractivity contribution in [2.75, 3.05) is 39.6 Å². The average molecular weight is 533 g/mol. The van der Waals surface area contributed by atoms with Crippen LogP contribution in [-0.4, -0.2) is 87.5 Å². The maximum atomic E-state index is 10.9. The van der Waals surface area contributed by atoms with Gasteiger partial charge < -0.3 is 33.5 Å². The molecule has 8 fully saturated rings. The van der Waals surface area contributed by atoms with Crippen molar-refractivity contribution in [3.05, 3.63) is 0 Å². The van der Waals surface area contributed by atoms with Crippen molar-refractivity contribution in [1.82, 2.24) is 0 Å². The number of ether oxygens (including phenoxy) is 6. The summed E-state index contributed by atoms with van der Waals surface area (Å²) in [6.45, 7) is 9.02. The number of rotatable bonds is 12. The highest BCUT2D eigenvalue weighted by Gasteiger charge is 2.66. The van der Waals surface area contributed by atoms with Crippen LogP contribution in [0.15, 0.2) is 0 Å². The highest BCUT2D eigenvalue weighted by Crippen LogP contribution is 2.68. The van der Waals surface area contributed by atoms with Gasteiger partial charge in [0.1, 0.15) is 18.3 Å². The van der Waals surface area contributed by atoms with Gasteiger partial charge in [-0.3, -0.25) is 0 Å². The van der Waals surface area contributed by atoms with E-state index in [1.165, 1.54) is 38.5 Å². The first-order valence-electron chi connectivity index (χ1n) is 15.8. The maximum Gasteiger partial charge on any atom is 0.104 e. The standard InChI is InChI=1S/C31H48O7/c1-30-18-8-23(27(10-18)36-15-20-13-33-20)25(30)3-5-28(30)37-12-19(32)11-35-26-9-17-7-22(26)24-4-6-29(31(17,24)2)38-16-21-14-34-21/h17-29,32H,3-16H2,1-2H3. The average Bonchev–Trinajstić information content (AvgIpc) is 3.66. The van der Waals surface area contributed by atoms with Crippen LogP contribution < -0.4 is 0 Å². The third-order valence-electron chi connectivity index (χ3n) is 13.1. The van der Waals surface area contributed by atoms with E-state index in [0.717, 1.165) is 39.3 Å². The fourth-order valence-corrected chi connectivity index (χ4v) is 11.0. The lowest BCUT2D eigenvalue weighted by molar-refractivity contribution is -0.123. The molecule has 4 bridgehead atoms. The topological polar surface area (TPSA) is 82.2 Å². The Morgan fingerprint density at radius 3 is 1.76 bits per heavy atom. The van der Waals surface area contributed by atoms with E-state index in [4.69, 9.17) is 28.4 Å². The normalized spacial score (nSPS) is 56.0. The van der Waals surface area contributed by atoms with Crippen LogP contribution in [0.25, 0.3) is 0 Å². The Bertz CT molecular complexity index is 891. The summed E-state index contributed by atoms with van der Waals surface area (Å²) in [5.74, 6) is 4.06. The van der Waals surface area contributed by atoms with Crippen LogP contribution in [0.4, 0.5) is 0 Å². The summed E-state index contributed by atoms with van der Waals surface area (Å²) in [5.41, 5.74) is 0.537. The Kier molecular flexibility index (Phi) is 6.27. The third kappa shape index (κ3) is 4.00. The van der Waals surface area contributed by atoms with E-state index >= 15 is 0 Å². The highest BCUT2D eigenvalue weighted by atomic mass is 16.6. The summed E-state index contributed by atoms with van der Waals surface area (Å²) < 4.78 is 36.3. The predicted molar refractivity (Wildman–Crippen MR) is 139 cm³/mol. The van der Waals surface area contributed by atoms with Crippen molar-refractivity contribution in [2.45, 2.75) is 108 Å². The van der Waals surface area contributed by atoms with E-state index in [1.807, 2.05) is 0 Å². The first kappa shape index (κ1) is 25.4. The molecule has 6 saturated carbocycles. The summed E-state index contributed by atoms with van der Waals surface area (Å²) in [7, 11) is 0. The molecule has 214 valence electrons. The van der Waals surface area contributed by atoms with Gasteiger partial charge >= 0.3 is 0 Å². The Morgan fingerprint density at radius 2 is 1.18 bits per heavy atom. The van der Waals surface area contributed by atoms with Gasteiger partial charge in [0.05, 0.1) is 64.1 Å². The quantitative estimate of drug-likeness (QED) is 0.385. The summed E-state index contributed by atoms with van der Waals surface area (Å²) >= 11 is 0. The van der Waals surface area contributed by atoms with E-state index in [9.17, 15) is 5.11 Å². The molecule has 0 amide bonds. The second-order valence-corrected chi connectivity index (χ2v) is 14.7. The molecule has 8 rings (SSSR count). The van der Waals surface area contributed by atoms with E-state index < -0.39 is 6.10 Å². The molecule has 2 saturated heterocycles. The number of hydrogen-bond acceptors (Lipinski definition) is 7. The van der Waals surface area contributed by atoms with Gasteiger partial charge in [0.25, 0.3) is 0 Å². The second-order valence-electron chi connectivity index (χ2n) is 14.7. The molecule has 1 N–H and O–H groups in total. The summed E-state index contributed by atoms with van der Waals surface area (Å²) in [6, 6.07) is 0. The summed E-state index contributed by atoms with van der Waals surface area (Å²) in [5, 5.41) is 10.9. The number of aliphatic hydroxyl groups is 1. The lowest BCUT2D eigenvalue weighted by Gasteiger charge is -2.43. The molecule has 0 spiro atoms. The summed E-state index contributed by atoms with van der Waals surface area (Å²) in [6.07, 6.45) is 11.1. The van der Waals surface area contributed by atoms with Crippen LogP contribution >= 0.6 is 0 Å². The minimum Gasteiger partial charge on any atom is -0.388 e. The van der Waals surface area contributed by atoms with Crippen LogP contribution in [0.2, 0.25) is 0 Å². The summed E-state index contributed by atoms with van der Waals surface area (Å²) in [4.78, 5) is 0. The van der Waals surface area contributed by atoms with E-state index in [2.05, 4.69) is 13.8 Å². The Balaban J connectivity index is 0.804. The minimum absolute atomic E-state index is 0.239. The van der Waals surface area contributed by atoms with Gasteiger partial charge in [-0.05, 0) is 97.7 Å². The van der Waals surface area contributed by atoms with Gasteiger partial charge in [-0.1, -0.05) is 13.8 Å². The van der Waals surface area contributed by atoms with Gasteiger partial charge in [0.2, 0.25) is 0 Å². The van der Waals surface area contributed by atoms with Gasteiger partial charge in [0, 0.05) is 0 Å². The minimum atomic E-state index is -0.547. The third-order valence-corrected chi connectivity index (χ3v) is 13.1. The molecule has 6 aliphatic carbocycles. The number of aliphatic hydroxyl groups excluding tert-OH is 1. The SMILES string of the molecule is CC12C3CC(OCC4CO4)C(C3)C1CCC2OCC(O)COC1CC2CC1C1CCC(OCC3CO3)C21C. The Hall–Kier alpha value is -0.280. The van der Waals surface area contributed by atoms with Crippen molar-refractivity contribution in [2.24, 2.45) is 46.3 Å². The molecule has 0 aromatic heterocycles. The van der Waals surface area contributed by atoms with Gasteiger partial charge in [-0.2, -0.15) is 0 Å². The first-order valence-corrected chi connectivity index (χ1v) is 15.8. The molecule has 8 aliphatic rings. The lowest BCUT2D eigenvalue weighted by Crippen LogP contribution is -2.45. The monoisotopic (exact) mass is 532 g/mol. The first-order chi connectivity index (χ1) is 18.4. The zero-order valence-corrected chi connectivity index (χ0v) is 23.3. The molecule has 0 aromatic carbocycles. The van der Waals surface area contributed by atoms with Gasteiger partial charge in [0.15, 0.2) is 0 Å². The van der Waals surface area contributed by atoms with Crippen molar-refractivity contribution < 1.29 is 33.5 Å². The van der Waals surface area contributed by atoms with Crippen molar-refractivity contribution in [1.29, 1.82) is 0 Å². The smallest absolute Gasteiger partial charge is 0.104 e. The molecule has 7 nitrogen and oxygen atoms in total. The van der Waals surface area contributed by atoms with E-state index in [0.29, 0.717) is 78.6 Å². The number of hydrogen-bond donors (Lipinski definition) is 1. The lowest BCUT2D eigenvalue weighted by atomic mass is 9.67. The predicted octanol–water partition coefficient (Wildman–Crippen LogP) is 3.60.